The predicted molar refractivity (Wildman–Crippen MR) is 86.6 cm³/mol. The average Bonchev–Trinajstić information content (AvgIpc) is 2.64. The molecule has 0 spiro atoms. The first-order valence-electron chi connectivity index (χ1n) is 7.50. The third-order valence-corrected chi connectivity index (χ3v) is 4.43. The molecule has 21 heavy (non-hydrogen) atoms. The van der Waals surface area contributed by atoms with Crippen LogP contribution in [-0.4, -0.2) is 23.3 Å². The molecule has 114 valence electrons. The van der Waals surface area contributed by atoms with Gasteiger partial charge < -0.3 is 15.0 Å². The summed E-state index contributed by atoms with van der Waals surface area (Å²) >= 11 is 0. The lowest BCUT2D eigenvalue weighted by Gasteiger charge is -2.32. The van der Waals surface area contributed by atoms with Crippen LogP contribution in [0.5, 0.6) is 0 Å². The molecular formula is C16H25BN2O2. The Balaban J connectivity index is 2.17. The zero-order valence-electron chi connectivity index (χ0n) is 13.6. The third-order valence-electron chi connectivity index (χ3n) is 4.43. The summed E-state index contributed by atoms with van der Waals surface area (Å²) in [6.07, 6.45) is 6.48. The summed E-state index contributed by atoms with van der Waals surface area (Å²) in [7, 11) is -0.346. The molecule has 4 nitrogen and oxygen atoms in total. The van der Waals surface area contributed by atoms with Gasteiger partial charge in [-0.2, -0.15) is 0 Å². The van der Waals surface area contributed by atoms with Crippen LogP contribution in [0.15, 0.2) is 24.4 Å². The van der Waals surface area contributed by atoms with E-state index in [2.05, 4.69) is 11.9 Å². The molecule has 1 saturated heterocycles. The van der Waals surface area contributed by atoms with Crippen molar-refractivity contribution in [1.29, 1.82) is 0 Å². The zero-order chi connectivity index (χ0) is 15.7. The minimum absolute atomic E-state index is 0.0194. The molecule has 0 aliphatic carbocycles. The molecule has 0 aromatic carbocycles. The van der Waals surface area contributed by atoms with E-state index in [0.29, 0.717) is 0 Å². The molecule has 1 aromatic rings. The molecule has 2 N–H and O–H groups in total. The van der Waals surface area contributed by atoms with Crippen molar-refractivity contribution in [3.05, 3.63) is 35.6 Å². The Morgan fingerprint density at radius 2 is 1.90 bits per heavy atom. The van der Waals surface area contributed by atoms with Gasteiger partial charge in [-0.3, -0.25) is 4.98 Å². The van der Waals surface area contributed by atoms with Gasteiger partial charge in [-0.05, 0) is 51.3 Å². The molecule has 1 aromatic heterocycles. The minimum Gasteiger partial charge on any atom is -0.400 e. The fourth-order valence-corrected chi connectivity index (χ4v) is 2.26. The topological polar surface area (TPSA) is 57.4 Å². The van der Waals surface area contributed by atoms with E-state index in [1.54, 1.807) is 6.20 Å². The van der Waals surface area contributed by atoms with E-state index in [-0.39, 0.29) is 24.4 Å². The maximum Gasteiger partial charge on any atom is 0.487 e. The van der Waals surface area contributed by atoms with E-state index < -0.39 is 0 Å². The summed E-state index contributed by atoms with van der Waals surface area (Å²) in [6.45, 7) is 10.3. The van der Waals surface area contributed by atoms with Gasteiger partial charge in [0.2, 0.25) is 0 Å². The van der Waals surface area contributed by atoms with Crippen molar-refractivity contribution >= 4 is 13.2 Å². The van der Waals surface area contributed by atoms with Crippen LogP contribution in [0.2, 0.25) is 0 Å². The van der Waals surface area contributed by atoms with E-state index in [9.17, 15) is 0 Å². The van der Waals surface area contributed by atoms with Crippen molar-refractivity contribution in [2.24, 2.45) is 5.73 Å². The van der Waals surface area contributed by atoms with Crippen LogP contribution in [0.3, 0.4) is 0 Å². The SMILES string of the molecule is CC[C@H](N)c1ccncc1/C=C/B1OC(C)(C)C(C)(C)O1. The van der Waals surface area contributed by atoms with E-state index in [1.807, 2.05) is 52.0 Å². The van der Waals surface area contributed by atoms with Crippen LogP contribution in [0.4, 0.5) is 0 Å². The number of hydrogen-bond acceptors (Lipinski definition) is 4. The molecule has 0 radical (unpaired) electrons. The zero-order valence-corrected chi connectivity index (χ0v) is 13.6. The summed E-state index contributed by atoms with van der Waals surface area (Å²) < 4.78 is 11.9. The minimum atomic E-state index is -0.346. The molecule has 0 unspecified atom stereocenters. The highest BCUT2D eigenvalue weighted by molar-refractivity contribution is 6.52. The second kappa shape index (κ2) is 5.91. The Morgan fingerprint density at radius 1 is 1.29 bits per heavy atom. The molecule has 1 aliphatic heterocycles. The first kappa shape index (κ1) is 16.2. The Hall–Kier alpha value is -1.17. The molecule has 0 amide bonds. The van der Waals surface area contributed by atoms with Gasteiger partial charge in [0.25, 0.3) is 0 Å². The smallest absolute Gasteiger partial charge is 0.400 e. The number of hydrogen-bond donors (Lipinski definition) is 1. The molecule has 2 heterocycles. The second-order valence-corrected chi connectivity index (χ2v) is 6.50. The van der Waals surface area contributed by atoms with Crippen molar-refractivity contribution in [1.82, 2.24) is 4.98 Å². The van der Waals surface area contributed by atoms with Gasteiger partial charge in [-0.25, -0.2) is 0 Å². The summed E-state index contributed by atoms with van der Waals surface area (Å²) in [4.78, 5) is 4.18. The number of aromatic nitrogens is 1. The number of nitrogens with zero attached hydrogens (tertiary/aromatic N) is 1. The third kappa shape index (κ3) is 3.36. The second-order valence-electron chi connectivity index (χ2n) is 6.50. The number of pyridine rings is 1. The van der Waals surface area contributed by atoms with Crippen molar-refractivity contribution in [3.8, 4) is 0 Å². The van der Waals surface area contributed by atoms with Crippen molar-refractivity contribution in [2.45, 2.75) is 58.3 Å². The number of rotatable bonds is 4. The molecule has 0 bridgehead atoms. The monoisotopic (exact) mass is 288 g/mol. The molecule has 5 heteroatoms. The first-order valence-corrected chi connectivity index (χ1v) is 7.50. The fraction of sp³-hybridized carbons (Fsp3) is 0.562. The van der Waals surface area contributed by atoms with Gasteiger partial charge in [-0.1, -0.05) is 19.0 Å². The Labute approximate surface area is 127 Å². The molecule has 0 saturated carbocycles. The maximum atomic E-state index is 6.14. The molecular weight excluding hydrogens is 263 g/mol. The van der Waals surface area contributed by atoms with Crippen molar-refractivity contribution in [2.75, 3.05) is 0 Å². The summed E-state index contributed by atoms with van der Waals surface area (Å²) in [6, 6.07) is 1.99. The van der Waals surface area contributed by atoms with Gasteiger partial charge in [0.05, 0.1) is 11.2 Å². The van der Waals surface area contributed by atoms with Crippen LogP contribution >= 0.6 is 0 Å². The largest absolute Gasteiger partial charge is 0.487 e. The predicted octanol–water partition coefficient (Wildman–Crippen LogP) is 3.14. The van der Waals surface area contributed by atoms with Crippen LogP contribution in [-0.2, 0) is 9.31 Å². The highest BCUT2D eigenvalue weighted by Crippen LogP contribution is 2.37. The molecule has 1 atom stereocenters. The van der Waals surface area contributed by atoms with Crippen LogP contribution in [0.25, 0.3) is 6.08 Å². The van der Waals surface area contributed by atoms with Crippen LogP contribution in [0.1, 0.15) is 58.2 Å². The lowest BCUT2D eigenvalue weighted by molar-refractivity contribution is 0.00578. The van der Waals surface area contributed by atoms with E-state index in [0.717, 1.165) is 17.5 Å². The van der Waals surface area contributed by atoms with Crippen LogP contribution in [0, 0.1) is 0 Å². The van der Waals surface area contributed by atoms with Gasteiger partial charge >= 0.3 is 7.12 Å². The lowest BCUT2D eigenvalue weighted by atomic mass is 9.88. The maximum absolute atomic E-state index is 6.14. The van der Waals surface area contributed by atoms with E-state index in [1.165, 1.54) is 0 Å². The van der Waals surface area contributed by atoms with Gasteiger partial charge in [0, 0.05) is 18.4 Å². The summed E-state index contributed by atoms with van der Waals surface area (Å²) in [5.74, 6) is 1.93. The van der Waals surface area contributed by atoms with Crippen molar-refractivity contribution in [3.63, 3.8) is 0 Å². The summed E-state index contributed by atoms with van der Waals surface area (Å²) in [5, 5.41) is 0. The van der Waals surface area contributed by atoms with Crippen molar-refractivity contribution < 1.29 is 9.31 Å². The van der Waals surface area contributed by atoms with Gasteiger partial charge in [0.15, 0.2) is 0 Å². The Kier molecular flexibility index (Phi) is 4.56. The highest BCUT2D eigenvalue weighted by Gasteiger charge is 2.50. The first-order chi connectivity index (χ1) is 9.77. The highest BCUT2D eigenvalue weighted by atomic mass is 16.7. The molecule has 2 rings (SSSR count). The van der Waals surface area contributed by atoms with E-state index in [4.69, 9.17) is 15.0 Å². The van der Waals surface area contributed by atoms with Crippen LogP contribution < -0.4 is 5.73 Å². The quantitative estimate of drug-likeness (QED) is 0.865. The standard InChI is InChI=1S/C16H25BN2O2/c1-6-14(18)13-8-10-19-11-12(13)7-9-17-20-15(2,3)16(4,5)21-17/h7-11,14H,6,18H2,1-5H3/b9-7+/t14-/m0/s1. The average molecular weight is 288 g/mol. The van der Waals surface area contributed by atoms with E-state index >= 15 is 0 Å². The summed E-state index contributed by atoms with van der Waals surface area (Å²) in [5.41, 5.74) is 7.61. The fourth-order valence-electron chi connectivity index (χ4n) is 2.26. The molecule has 1 aliphatic rings. The Bertz CT molecular complexity index is 513. The van der Waals surface area contributed by atoms with Gasteiger partial charge in [0.1, 0.15) is 0 Å². The lowest BCUT2D eigenvalue weighted by Crippen LogP contribution is -2.41. The molecule has 1 fully saturated rings. The number of nitrogens with two attached hydrogens (primary N) is 1. The normalized spacial score (nSPS) is 21.9. The Morgan fingerprint density at radius 3 is 2.48 bits per heavy atom. The van der Waals surface area contributed by atoms with Gasteiger partial charge in [-0.15, -0.1) is 0 Å².